The zero-order valence-corrected chi connectivity index (χ0v) is 39.3. The largest absolute Gasteiger partial charge is 0.508 e. The molecule has 12 N–H and O–H groups in total. The fourth-order valence-corrected chi connectivity index (χ4v) is 8.02. The maximum Gasteiger partial charge on any atom is 0.329 e. The summed E-state index contributed by atoms with van der Waals surface area (Å²) in [7, 11) is 1.34. The molecule has 2 aromatic carbocycles. The Hall–Kier alpha value is -7.30. The van der Waals surface area contributed by atoms with Gasteiger partial charge in [-0.2, -0.15) is 0 Å². The molecule has 376 valence electrons. The molecule has 0 radical (unpaired) electrons. The third-order valence-electron chi connectivity index (χ3n) is 12.0. The first-order valence-corrected chi connectivity index (χ1v) is 22.7. The van der Waals surface area contributed by atoms with Crippen LogP contribution in [0.4, 0.5) is 0 Å². The molecule has 7 amide bonds. The topological polar surface area (TPSA) is 355 Å². The summed E-state index contributed by atoms with van der Waals surface area (Å²) in [6, 6.07) is 3.63. The van der Waals surface area contributed by atoms with Gasteiger partial charge in [-0.05, 0) is 61.8 Å². The highest BCUT2D eigenvalue weighted by molar-refractivity contribution is 5.98. The molecule has 2 bridgehead atoms. The van der Waals surface area contributed by atoms with E-state index < -0.39 is 120 Å². The number of fused-ring (bicyclic) bond motifs is 2. The lowest BCUT2D eigenvalue weighted by molar-refractivity contribution is -0.165. The van der Waals surface area contributed by atoms with Gasteiger partial charge in [0.25, 0.3) is 0 Å². The first-order chi connectivity index (χ1) is 32.6. The number of phenols is 1. The number of ether oxygens (including phenoxy) is 1. The van der Waals surface area contributed by atoms with E-state index >= 15 is 4.79 Å². The molecular formula is C46H64N10O13. The molecule has 0 aliphatic carbocycles. The van der Waals surface area contributed by atoms with Crippen molar-refractivity contribution in [2.45, 2.75) is 134 Å². The zero-order chi connectivity index (χ0) is 51.1. The summed E-state index contributed by atoms with van der Waals surface area (Å²) in [5.41, 5.74) is 12.1. The number of nitrogens with one attached hydrogen (secondary N) is 5. The van der Waals surface area contributed by atoms with E-state index in [-0.39, 0.29) is 63.2 Å². The number of hydrogen-bond donors (Lipinski definition) is 10. The van der Waals surface area contributed by atoms with E-state index in [1.54, 1.807) is 44.2 Å². The smallest absolute Gasteiger partial charge is 0.329 e. The highest BCUT2D eigenvalue weighted by Crippen LogP contribution is 2.26. The number of aliphatic hydroxyl groups excluding tert-OH is 1. The van der Waals surface area contributed by atoms with Crippen LogP contribution in [0, 0.1) is 5.92 Å². The van der Waals surface area contributed by atoms with E-state index in [0.29, 0.717) is 11.1 Å². The number of carboxylic acids is 1. The van der Waals surface area contributed by atoms with Crippen LogP contribution < -0.4 is 38.1 Å². The maximum atomic E-state index is 15.1. The molecule has 2 saturated heterocycles. The zero-order valence-electron chi connectivity index (χ0n) is 39.3. The summed E-state index contributed by atoms with van der Waals surface area (Å²) in [5, 5.41) is 43.6. The van der Waals surface area contributed by atoms with Gasteiger partial charge in [0.2, 0.25) is 41.4 Å². The first-order valence-electron chi connectivity index (χ1n) is 22.7. The summed E-state index contributed by atoms with van der Waals surface area (Å²) >= 11 is 0. The fourth-order valence-electron chi connectivity index (χ4n) is 8.02. The Bertz CT molecular complexity index is 2190. The van der Waals surface area contributed by atoms with Crippen LogP contribution in [-0.4, -0.2) is 153 Å². The van der Waals surface area contributed by atoms with Crippen LogP contribution in [0.1, 0.15) is 77.3 Å². The van der Waals surface area contributed by atoms with E-state index in [1.165, 1.54) is 38.2 Å². The lowest BCUT2D eigenvalue weighted by Gasteiger charge is -2.43. The molecule has 2 aliphatic heterocycles. The number of rotatable bonds is 15. The van der Waals surface area contributed by atoms with Crippen molar-refractivity contribution >= 4 is 59.2 Å². The Morgan fingerprint density at radius 3 is 2.13 bits per heavy atom. The summed E-state index contributed by atoms with van der Waals surface area (Å²) in [6.45, 7) is 5.61. The van der Waals surface area contributed by atoms with E-state index in [4.69, 9.17) is 16.2 Å². The highest BCUT2D eigenvalue weighted by atomic mass is 16.5. The number of aliphatic imine (C=N–C) groups is 1. The van der Waals surface area contributed by atoms with Gasteiger partial charge < -0.3 is 67.9 Å². The van der Waals surface area contributed by atoms with Gasteiger partial charge in [-0.25, -0.2) is 4.79 Å². The van der Waals surface area contributed by atoms with Crippen LogP contribution >= 0.6 is 0 Å². The number of aromatic hydroxyl groups is 1. The number of carbonyl (C=O) groups is 9. The number of benzene rings is 2. The fraction of sp³-hybridized carbons (Fsp3) is 0.522. The van der Waals surface area contributed by atoms with Crippen molar-refractivity contribution < 1.29 is 63.2 Å². The molecule has 2 aromatic rings. The molecule has 0 aromatic heterocycles. The predicted molar refractivity (Wildman–Crippen MR) is 247 cm³/mol. The van der Waals surface area contributed by atoms with Crippen molar-refractivity contribution in [2.75, 3.05) is 13.6 Å². The Morgan fingerprint density at radius 1 is 0.884 bits per heavy atom. The van der Waals surface area contributed by atoms with Crippen LogP contribution in [0.5, 0.6) is 5.75 Å². The van der Waals surface area contributed by atoms with Gasteiger partial charge in [0.05, 0.1) is 6.42 Å². The van der Waals surface area contributed by atoms with Gasteiger partial charge >= 0.3 is 11.9 Å². The van der Waals surface area contributed by atoms with E-state index in [1.807, 2.05) is 0 Å². The quantitative estimate of drug-likeness (QED) is 0.0411. The molecular weight excluding hydrogens is 901 g/mol. The molecule has 1 unspecified atom stereocenters. The number of esters is 1. The van der Waals surface area contributed by atoms with E-state index in [2.05, 4.69) is 31.6 Å². The number of nitrogens with zero attached hydrogens (tertiary/aromatic N) is 3. The number of nitrogens with two attached hydrogens (primary N) is 2. The van der Waals surface area contributed by atoms with Gasteiger partial charge in [-0.15, -0.1) is 0 Å². The molecule has 23 heteroatoms. The summed E-state index contributed by atoms with van der Waals surface area (Å²) in [4.78, 5) is 131. The number of hydrogen-bond acceptors (Lipinski definition) is 13. The Labute approximate surface area is 399 Å². The second kappa shape index (κ2) is 25.2. The highest BCUT2D eigenvalue weighted by Gasteiger charge is 2.46. The van der Waals surface area contributed by atoms with Gasteiger partial charge in [-0.1, -0.05) is 62.7 Å². The van der Waals surface area contributed by atoms with Crippen LogP contribution in [0.2, 0.25) is 0 Å². The van der Waals surface area contributed by atoms with Crippen molar-refractivity contribution in [3.05, 3.63) is 65.7 Å². The lowest BCUT2D eigenvalue weighted by Crippen LogP contribution is -2.65. The molecule has 0 spiro atoms. The van der Waals surface area contributed by atoms with Crippen LogP contribution in [0.25, 0.3) is 0 Å². The van der Waals surface area contributed by atoms with Crippen LogP contribution in [0.15, 0.2) is 59.6 Å². The van der Waals surface area contributed by atoms with Crippen LogP contribution in [0.3, 0.4) is 0 Å². The standard InChI is InChI=1S/C46H64N10O13/c1-6-24(2)37-45(68)69-25(3)38(54-40(63)32(23-36(60)61)50-26(4)57)42(65)51-30(13-10-20-49-46(47)48)39(62)52-31-18-19-35(59)56(43(31)66)34(22-27-11-8-7-9-12-27)44(67)55(5)33(41(64)53-37)21-28-14-16-29(58)17-15-28/h7-9,11-12,14-17,24-25,30-35,37-38,58-59H,6,10,13,18-23H2,1-5H3,(H,50,57)(H,51,65)(H,52,62)(H,53,64)(H,54,63)(H,60,61)(H4,47,48,49)/t24?,25-,30+,31+,32-,33+,34+,35-,37+,38+/m1/s1. The third-order valence-corrected chi connectivity index (χ3v) is 12.0. The van der Waals surface area contributed by atoms with Crippen molar-refractivity contribution in [3.63, 3.8) is 0 Å². The molecule has 10 atom stereocenters. The number of phenolic OH excluding ortho intramolecular Hbond substituents is 1. The van der Waals surface area contributed by atoms with Crippen molar-refractivity contribution in [1.82, 2.24) is 36.4 Å². The Kier molecular flexibility index (Phi) is 19.8. The average molecular weight is 965 g/mol. The normalized spacial score (nSPS) is 25.0. The minimum atomic E-state index is -1.89. The molecule has 2 aliphatic rings. The number of likely N-dealkylation sites (N-methyl/N-ethyl adjacent to an activating group) is 1. The third kappa shape index (κ3) is 15.4. The number of aliphatic carboxylic acids is 1. The van der Waals surface area contributed by atoms with Gasteiger partial charge in [-0.3, -0.25) is 43.3 Å². The number of carbonyl (C=O) groups excluding carboxylic acids is 8. The number of cyclic esters (lactones) is 1. The maximum absolute atomic E-state index is 15.1. The number of piperidine rings is 1. The second-order valence-electron chi connectivity index (χ2n) is 17.3. The molecule has 2 heterocycles. The summed E-state index contributed by atoms with van der Waals surface area (Å²) in [5.74, 6) is -10.0. The number of aliphatic hydroxyl groups is 1. The van der Waals surface area contributed by atoms with Crippen molar-refractivity contribution in [2.24, 2.45) is 22.4 Å². The average Bonchev–Trinajstić information content (AvgIpc) is 3.29. The number of carboxylic acid groups (broad SMARTS) is 1. The molecule has 0 saturated carbocycles. The number of guanidine groups is 1. The van der Waals surface area contributed by atoms with Crippen molar-refractivity contribution in [1.29, 1.82) is 0 Å². The van der Waals surface area contributed by atoms with E-state index in [9.17, 15) is 53.7 Å². The van der Waals surface area contributed by atoms with E-state index in [0.717, 1.165) is 16.7 Å². The predicted octanol–water partition coefficient (Wildman–Crippen LogP) is -1.72. The molecule has 23 nitrogen and oxygen atoms in total. The second-order valence-corrected chi connectivity index (χ2v) is 17.3. The Morgan fingerprint density at radius 2 is 1.52 bits per heavy atom. The summed E-state index contributed by atoms with van der Waals surface area (Å²) < 4.78 is 5.83. The van der Waals surface area contributed by atoms with Crippen molar-refractivity contribution in [3.8, 4) is 5.75 Å². The minimum Gasteiger partial charge on any atom is -0.508 e. The van der Waals surface area contributed by atoms with Gasteiger partial charge in [0.15, 0.2) is 5.96 Å². The minimum absolute atomic E-state index is 0.0146. The lowest BCUT2D eigenvalue weighted by atomic mass is 9.95. The van der Waals surface area contributed by atoms with Gasteiger partial charge in [0, 0.05) is 33.4 Å². The summed E-state index contributed by atoms with van der Waals surface area (Å²) in [6.07, 6.45) is -4.44. The first kappa shape index (κ1) is 54.3. The monoisotopic (exact) mass is 964 g/mol. The van der Waals surface area contributed by atoms with Gasteiger partial charge in [0.1, 0.15) is 60.4 Å². The Balaban J connectivity index is 1.91. The molecule has 69 heavy (non-hydrogen) atoms. The SMILES string of the molecule is CCC(C)[C@@H]1NC(=O)[C@H](Cc2ccc(O)cc2)N(C)C(=O)[C@H](Cc2ccccc2)N2C(=O)[C@H](CC[C@H]2O)NC(=O)[C@H](CCCN=C(N)N)NC(=O)[C@@H](NC(=O)[C@@H](CC(=O)O)NC(C)=O)[C@@H](C)OC1=O. The number of amides is 7. The van der Waals surface area contributed by atoms with Crippen LogP contribution in [-0.2, 0) is 60.7 Å². The molecule has 2 fully saturated rings. The molecule has 4 rings (SSSR count).